The minimum Gasteiger partial charge on any atom is -0.493 e. The Morgan fingerprint density at radius 1 is 1.04 bits per heavy atom. The third-order valence-corrected chi connectivity index (χ3v) is 4.56. The Hall–Kier alpha value is -3.22. The second-order valence-corrected chi connectivity index (χ2v) is 5.83. The number of carbonyl (C=O) groups is 3. The molecule has 0 amide bonds. The molecule has 7 heteroatoms. The van der Waals surface area contributed by atoms with Crippen LogP contribution in [0.15, 0.2) is 36.7 Å². The standard InChI is InChI=1S/C19H17NO6/c1-24-14-8-12-10-19(18(23)26-3,16(21)11-4-6-20-7-5-11)17(22)13(12)9-15(14)25-2/h4-9H,10H2,1-3H3. The summed E-state index contributed by atoms with van der Waals surface area (Å²) in [5.41, 5.74) is -0.975. The molecular formula is C19H17NO6. The van der Waals surface area contributed by atoms with Gasteiger partial charge in [0.25, 0.3) is 0 Å². The van der Waals surface area contributed by atoms with Gasteiger partial charge in [-0.05, 0) is 29.8 Å². The first kappa shape index (κ1) is 17.6. The first-order valence-electron chi connectivity index (χ1n) is 7.82. The van der Waals surface area contributed by atoms with E-state index in [1.54, 1.807) is 6.07 Å². The Balaban J connectivity index is 2.17. The summed E-state index contributed by atoms with van der Waals surface area (Å²) in [6.07, 6.45) is 2.75. The van der Waals surface area contributed by atoms with Crippen molar-refractivity contribution in [3.05, 3.63) is 53.3 Å². The van der Waals surface area contributed by atoms with Crippen LogP contribution in [0.5, 0.6) is 11.5 Å². The number of hydrogen-bond donors (Lipinski definition) is 0. The molecule has 0 bridgehead atoms. The number of pyridine rings is 1. The van der Waals surface area contributed by atoms with Crippen molar-refractivity contribution in [2.45, 2.75) is 6.42 Å². The first-order chi connectivity index (χ1) is 12.5. The van der Waals surface area contributed by atoms with Crippen LogP contribution in [0.4, 0.5) is 0 Å². The van der Waals surface area contributed by atoms with Gasteiger partial charge in [0, 0.05) is 29.9 Å². The van der Waals surface area contributed by atoms with Crippen LogP contribution in [-0.4, -0.2) is 43.8 Å². The number of methoxy groups -OCH3 is 3. The van der Waals surface area contributed by atoms with E-state index in [1.165, 1.54) is 44.8 Å². The Bertz CT molecular complexity index is 892. The van der Waals surface area contributed by atoms with E-state index in [0.717, 1.165) is 7.11 Å². The zero-order valence-electron chi connectivity index (χ0n) is 14.6. The highest BCUT2D eigenvalue weighted by molar-refractivity contribution is 6.33. The summed E-state index contributed by atoms with van der Waals surface area (Å²) < 4.78 is 15.3. The molecule has 0 N–H and O–H groups in total. The van der Waals surface area contributed by atoms with Crippen LogP contribution >= 0.6 is 0 Å². The van der Waals surface area contributed by atoms with Crippen molar-refractivity contribution < 1.29 is 28.6 Å². The van der Waals surface area contributed by atoms with Crippen LogP contribution in [0.1, 0.15) is 26.3 Å². The van der Waals surface area contributed by atoms with E-state index in [-0.39, 0.29) is 17.5 Å². The van der Waals surface area contributed by atoms with Crippen LogP contribution < -0.4 is 9.47 Å². The largest absolute Gasteiger partial charge is 0.493 e. The minimum atomic E-state index is -1.96. The highest BCUT2D eigenvalue weighted by Gasteiger charge is 2.58. The van der Waals surface area contributed by atoms with E-state index < -0.39 is 23.0 Å². The Labute approximate surface area is 149 Å². The molecule has 0 radical (unpaired) electrons. The Kier molecular flexibility index (Phi) is 4.46. The molecule has 7 nitrogen and oxygen atoms in total. The van der Waals surface area contributed by atoms with Crippen LogP contribution in [0, 0.1) is 5.41 Å². The topological polar surface area (TPSA) is 91.8 Å². The fourth-order valence-electron chi connectivity index (χ4n) is 3.24. The molecule has 1 unspecified atom stereocenters. The Morgan fingerprint density at radius 3 is 2.23 bits per heavy atom. The second-order valence-electron chi connectivity index (χ2n) is 5.83. The van der Waals surface area contributed by atoms with Gasteiger partial charge in [0.05, 0.1) is 21.3 Å². The number of rotatable bonds is 5. The highest BCUT2D eigenvalue weighted by atomic mass is 16.5. The van der Waals surface area contributed by atoms with Crippen molar-refractivity contribution in [3.8, 4) is 11.5 Å². The number of benzene rings is 1. The molecule has 0 aliphatic heterocycles. The molecule has 0 fully saturated rings. The molecule has 1 aromatic heterocycles. The van der Waals surface area contributed by atoms with Gasteiger partial charge in [0.2, 0.25) is 0 Å². The molecule has 3 rings (SSSR count). The molecule has 0 saturated heterocycles. The van der Waals surface area contributed by atoms with E-state index in [2.05, 4.69) is 4.98 Å². The normalized spacial score (nSPS) is 18.2. The first-order valence-corrected chi connectivity index (χ1v) is 7.82. The lowest BCUT2D eigenvalue weighted by molar-refractivity contribution is -0.146. The molecule has 0 saturated carbocycles. The number of aromatic nitrogens is 1. The van der Waals surface area contributed by atoms with Crippen molar-refractivity contribution in [2.75, 3.05) is 21.3 Å². The number of ketones is 2. The lowest BCUT2D eigenvalue weighted by Crippen LogP contribution is -2.45. The van der Waals surface area contributed by atoms with Gasteiger partial charge in [-0.25, -0.2) is 0 Å². The third kappa shape index (κ3) is 2.44. The number of hydrogen-bond acceptors (Lipinski definition) is 7. The monoisotopic (exact) mass is 355 g/mol. The van der Waals surface area contributed by atoms with E-state index in [4.69, 9.17) is 14.2 Å². The molecule has 1 heterocycles. The van der Waals surface area contributed by atoms with Crippen molar-refractivity contribution in [2.24, 2.45) is 5.41 Å². The van der Waals surface area contributed by atoms with Crippen LogP contribution in [0.3, 0.4) is 0 Å². The predicted octanol–water partition coefficient (Wildman–Crippen LogP) is 1.88. The summed E-state index contributed by atoms with van der Waals surface area (Å²) in [7, 11) is 4.07. The summed E-state index contributed by atoms with van der Waals surface area (Å²) in [5.74, 6) is -1.36. The van der Waals surface area contributed by atoms with Gasteiger partial charge in [-0.1, -0.05) is 0 Å². The second kappa shape index (κ2) is 6.59. The molecular weight excluding hydrogens is 338 g/mol. The zero-order chi connectivity index (χ0) is 18.9. The lowest BCUT2D eigenvalue weighted by atomic mass is 9.77. The van der Waals surface area contributed by atoms with Crippen molar-refractivity contribution in [1.82, 2.24) is 4.98 Å². The molecule has 1 aliphatic rings. The Morgan fingerprint density at radius 2 is 1.65 bits per heavy atom. The number of carbonyl (C=O) groups excluding carboxylic acids is 3. The van der Waals surface area contributed by atoms with Gasteiger partial charge in [0.1, 0.15) is 0 Å². The number of esters is 1. The summed E-state index contributed by atoms with van der Waals surface area (Å²) in [5, 5.41) is 0. The SMILES string of the molecule is COC(=O)C1(C(=O)c2ccncc2)Cc2cc(OC)c(OC)cc2C1=O. The van der Waals surface area contributed by atoms with Gasteiger partial charge in [0.15, 0.2) is 28.5 Å². The van der Waals surface area contributed by atoms with Crippen molar-refractivity contribution in [1.29, 1.82) is 0 Å². The van der Waals surface area contributed by atoms with Crippen LogP contribution in [0.25, 0.3) is 0 Å². The molecule has 1 aromatic carbocycles. The minimum absolute atomic E-state index is 0.102. The fourth-order valence-corrected chi connectivity index (χ4v) is 3.24. The van der Waals surface area contributed by atoms with E-state index in [0.29, 0.717) is 17.1 Å². The van der Waals surface area contributed by atoms with Gasteiger partial charge in [-0.2, -0.15) is 0 Å². The van der Waals surface area contributed by atoms with E-state index in [1.807, 2.05) is 0 Å². The predicted molar refractivity (Wildman–Crippen MR) is 90.6 cm³/mol. The summed E-state index contributed by atoms with van der Waals surface area (Å²) in [4.78, 5) is 42.8. The number of Topliss-reactive ketones (excluding diaryl/α,β-unsaturated/α-hetero) is 2. The molecule has 1 aliphatic carbocycles. The quantitative estimate of drug-likeness (QED) is 0.459. The number of ether oxygens (including phenoxy) is 3. The average molecular weight is 355 g/mol. The number of fused-ring (bicyclic) bond motifs is 1. The summed E-state index contributed by atoms with van der Waals surface area (Å²) >= 11 is 0. The van der Waals surface area contributed by atoms with E-state index >= 15 is 0 Å². The third-order valence-electron chi connectivity index (χ3n) is 4.56. The lowest BCUT2D eigenvalue weighted by Gasteiger charge is -2.22. The fraction of sp³-hybridized carbons (Fsp3) is 0.263. The van der Waals surface area contributed by atoms with Crippen molar-refractivity contribution >= 4 is 17.5 Å². The zero-order valence-corrected chi connectivity index (χ0v) is 14.6. The smallest absolute Gasteiger partial charge is 0.328 e. The molecule has 26 heavy (non-hydrogen) atoms. The molecule has 0 spiro atoms. The van der Waals surface area contributed by atoms with Gasteiger partial charge in [-0.3, -0.25) is 19.4 Å². The molecule has 1 atom stereocenters. The van der Waals surface area contributed by atoms with Gasteiger partial charge in [-0.15, -0.1) is 0 Å². The highest BCUT2D eigenvalue weighted by Crippen LogP contribution is 2.44. The molecule has 2 aromatic rings. The number of nitrogens with zero attached hydrogens (tertiary/aromatic N) is 1. The summed E-state index contributed by atoms with van der Waals surface area (Å²) in [6.45, 7) is 0. The van der Waals surface area contributed by atoms with Crippen LogP contribution in [0.2, 0.25) is 0 Å². The maximum Gasteiger partial charge on any atom is 0.328 e. The summed E-state index contributed by atoms with van der Waals surface area (Å²) in [6, 6.07) is 6.02. The average Bonchev–Trinajstić information content (AvgIpc) is 2.98. The van der Waals surface area contributed by atoms with Gasteiger partial charge >= 0.3 is 5.97 Å². The molecule has 134 valence electrons. The maximum atomic E-state index is 13.2. The van der Waals surface area contributed by atoms with E-state index in [9.17, 15) is 14.4 Å². The van der Waals surface area contributed by atoms with Crippen molar-refractivity contribution in [3.63, 3.8) is 0 Å². The maximum absolute atomic E-state index is 13.2. The van der Waals surface area contributed by atoms with Crippen LogP contribution in [-0.2, 0) is 16.0 Å². The van der Waals surface area contributed by atoms with Gasteiger partial charge < -0.3 is 14.2 Å².